The van der Waals surface area contributed by atoms with Crippen molar-refractivity contribution in [1.82, 2.24) is 14.2 Å². The molecule has 1 aromatic heterocycles. The Morgan fingerprint density at radius 1 is 1.30 bits per heavy atom. The molecule has 0 unspecified atom stereocenters. The second-order valence-electron chi connectivity index (χ2n) is 4.14. The Bertz CT molecular complexity index is 556. The fourth-order valence-electron chi connectivity index (χ4n) is 1.65. The van der Waals surface area contributed by atoms with E-state index in [0.29, 0.717) is 13.1 Å². The van der Waals surface area contributed by atoms with Crippen LogP contribution in [0, 0.1) is 0 Å². The molecule has 0 bridgehead atoms. The Balaban J connectivity index is 2.87. The number of sulfonamides is 1. The lowest BCUT2D eigenvalue weighted by molar-refractivity contribution is -0.130. The highest BCUT2D eigenvalue weighted by Gasteiger charge is 2.24. The van der Waals surface area contributed by atoms with Gasteiger partial charge in [0.1, 0.15) is 10.0 Å². The molecule has 0 aromatic carbocycles. The smallest absolute Gasteiger partial charge is 0.244 e. The van der Waals surface area contributed by atoms with E-state index >= 15 is 0 Å². The van der Waals surface area contributed by atoms with Crippen molar-refractivity contribution in [3.8, 4) is 0 Å². The van der Waals surface area contributed by atoms with E-state index in [1.807, 2.05) is 13.8 Å². The van der Waals surface area contributed by atoms with Crippen molar-refractivity contribution < 1.29 is 13.2 Å². The quantitative estimate of drug-likeness (QED) is 0.739. The van der Waals surface area contributed by atoms with Crippen molar-refractivity contribution >= 4 is 27.5 Å². The van der Waals surface area contributed by atoms with Crippen LogP contribution in [0.4, 0.5) is 0 Å². The minimum atomic E-state index is -3.74. The maximum absolute atomic E-state index is 12.3. The van der Waals surface area contributed by atoms with Gasteiger partial charge in [0.2, 0.25) is 15.9 Å². The molecule has 0 saturated heterocycles. The minimum Gasteiger partial charge on any atom is -0.342 e. The Kier molecular flexibility index (Phi) is 5.91. The van der Waals surface area contributed by atoms with E-state index in [0.717, 1.165) is 4.31 Å². The molecule has 1 amide bonds. The van der Waals surface area contributed by atoms with Gasteiger partial charge in [-0.15, -0.1) is 0 Å². The summed E-state index contributed by atoms with van der Waals surface area (Å²) in [6, 6.07) is 2.76. The van der Waals surface area contributed by atoms with E-state index in [9.17, 15) is 13.2 Å². The zero-order chi connectivity index (χ0) is 15.3. The molecule has 0 radical (unpaired) electrons. The summed E-state index contributed by atoms with van der Waals surface area (Å²) in [5.74, 6) is -0.233. The standard InChI is InChI=1S/C12H18ClN3O3S/c1-4-16(5-2)12(17)9-15(3)20(18,19)10-6-7-11(13)14-8-10/h6-8H,4-5,9H2,1-3H3. The summed E-state index contributed by atoms with van der Waals surface area (Å²) in [5.41, 5.74) is 0. The first-order valence-electron chi connectivity index (χ1n) is 6.18. The van der Waals surface area contributed by atoms with Gasteiger partial charge in [-0.3, -0.25) is 4.79 Å². The van der Waals surface area contributed by atoms with Crippen molar-refractivity contribution in [3.63, 3.8) is 0 Å². The topological polar surface area (TPSA) is 70.6 Å². The zero-order valence-corrected chi connectivity index (χ0v) is 13.3. The van der Waals surface area contributed by atoms with Crippen molar-refractivity contribution in [3.05, 3.63) is 23.5 Å². The summed E-state index contributed by atoms with van der Waals surface area (Å²) in [7, 11) is -2.37. The summed E-state index contributed by atoms with van der Waals surface area (Å²) in [6.07, 6.45) is 1.18. The molecule has 20 heavy (non-hydrogen) atoms. The lowest BCUT2D eigenvalue weighted by Gasteiger charge is -2.22. The molecular weight excluding hydrogens is 302 g/mol. The van der Waals surface area contributed by atoms with Crippen LogP contribution in [0.1, 0.15) is 13.8 Å². The summed E-state index contributed by atoms with van der Waals surface area (Å²) < 4.78 is 25.5. The van der Waals surface area contributed by atoms with Crippen LogP contribution in [0.5, 0.6) is 0 Å². The van der Waals surface area contributed by atoms with Gasteiger partial charge in [-0.25, -0.2) is 13.4 Å². The van der Waals surface area contributed by atoms with Crippen LogP contribution in [-0.2, 0) is 14.8 Å². The maximum Gasteiger partial charge on any atom is 0.244 e. The van der Waals surface area contributed by atoms with Crippen molar-refractivity contribution in [2.75, 3.05) is 26.7 Å². The van der Waals surface area contributed by atoms with Crippen molar-refractivity contribution in [1.29, 1.82) is 0 Å². The number of carbonyl (C=O) groups is 1. The van der Waals surface area contributed by atoms with Gasteiger partial charge in [0, 0.05) is 26.3 Å². The highest BCUT2D eigenvalue weighted by molar-refractivity contribution is 7.89. The number of amides is 1. The van der Waals surface area contributed by atoms with E-state index in [1.54, 1.807) is 4.90 Å². The van der Waals surface area contributed by atoms with Gasteiger partial charge in [-0.1, -0.05) is 11.6 Å². The average Bonchev–Trinajstić information content (AvgIpc) is 2.40. The van der Waals surface area contributed by atoms with Crippen LogP contribution in [0.25, 0.3) is 0 Å². The van der Waals surface area contributed by atoms with Gasteiger partial charge in [0.05, 0.1) is 6.54 Å². The Hall–Kier alpha value is -1.18. The summed E-state index contributed by atoms with van der Waals surface area (Å²) in [6.45, 7) is 4.59. The maximum atomic E-state index is 12.3. The fraction of sp³-hybridized carbons (Fsp3) is 0.500. The van der Waals surface area contributed by atoms with E-state index < -0.39 is 10.0 Å². The molecule has 1 aromatic rings. The highest BCUT2D eigenvalue weighted by atomic mass is 35.5. The van der Waals surface area contributed by atoms with Crippen LogP contribution in [0.3, 0.4) is 0 Å². The molecule has 0 aliphatic carbocycles. The van der Waals surface area contributed by atoms with E-state index in [-0.39, 0.29) is 22.5 Å². The van der Waals surface area contributed by atoms with Gasteiger partial charge < -0.3 is 4.90 Å². The van der Waals surface area contributed by atoms with Gasteiger partial charge >= 0.3 is 0 Å². The Morgan fingerprint density at radius 3 is 2.35 bits per heavy atom. The fourth-order valence-corrected chi connectivity index (χ4v) is 2.82. The van der Waals surface area contributed by atoms with Crippen LogP contribution >= 0.6 is 11.6 Å². The highest BCUT2D eigenvalue weighted by Crippen LogP contribution is 2.15. The first kappa shape index (κ1) is 16.9. The third kappa shape index (κ3) is 3.91. The van der Waals surface area contributed by atoms with Crippen LogP contribution in [-0.4, -0.2) is 55.2 Å². The molecule has 0 aliphatic heterocycles. The average molecular weight is 320 g/mol. The SMILES string of the molecule is CCN(CC)C(=O)CN(C)S(=O)(=O)c1ccc(Cl)nc1. The normalized spacial score (nSPS) is 11.7. The van der Waals surface area contributed by atoms with Gasteiger partial charge in [-0.2, -0.15) is 4.31 Å². The lowest BCUT2D eigenvalue weighted by atomic mass is 10.4. The third-order valence-corrected chi connectivity index (χ3v) is 4.89. The third-order valence-electron chi connectivity index (χ3n) is 2.88. The number of nitrogens with zero attached hydrogens (tertiary/aromatic N) is 3. The zero-order valence-electron chi connectivity index (χ0n) is 11.7. The number of rotatable bonds is 6. The lowest BCUT2D eigenvalue weighted by Crippen LogP contribution is -2.41. The number of hydrogen-bond acceptors (Lipinski definition) is 4. The van der Waals surface area contributed by atoms with Crippen LogP contribution < -0.4 is 0 Å². The molecule has 1 rings (SSSR count). The molecule has 0 saturated carbocycles. The number of pyridine rings is 1. The largest absolute Gasteiger partial charge is 0.342 e. The molecule has 0 aliphatic rings. The number of halogens is 1. The molecule has 112 valence electrons. The Morgan fingerprint density at radius 2 is 1.90 bits per heavy atom. The first-order chi connectivity index (χ1) is 9.32. The number of likely N-dealkylation sites (N-methyl/N-ethyl adjacent to an activating group) is 2. The van der Waals surface area contributed by atoms with Crippen molar-refractivity contribution in [2.45, 2.75) is 18.7 Å². The van der Waals surface area contributed by atoms with Gasteiger partial charge in [-0.05, 0) is 26.0 Å². The van der Waals surface area contributed by atoms with E-state index in [1.165, 1.54) is 25.4 Å². The number of aromatic nitrogens is 1. The molecule has 0 atom stereocenters. The molecular formula is C12H18ClN3O3S. The van der Waals surface area contributed by atoms with Gasteiger partial charge in [0.25, 0.3) is 0 Å². The second kappa shape index (κ2) is 7.01. The van der Waals surface area contributed by atoms with Gasteiger partial charge in [0.15, 0.2) is 0 Å². The summed E-state index contributed by atoms with van der Waals surface area (Å²) in [5, 5.41) is 0.214. The number of carbonyl (C=O) groups excluding carboxylic acids is 1. The summed E-state index contributed by atoms with van der Waals surface area (Å²) >= 11 is 5.62. The molecule has 0 N–H and O–H groups in total. The van der Waals surface area contributed by atoms with Crippen LogP contribution in [0.15, 0.2) is 23.2 Å². The predicted octanol–water partition coefficient (Wildman–Crippen LogP) is 1.22. The summed E-state index contributed by atoms with van der Waals surface area (Å²) in [4.78, 5) is 17.3. The predicted molar refractivity (Wildman–Crippen MR) is 77.0 cm³/mol. The van der Waals surface area contributed by atoms with Crippen LogP contribution in [0.2, 0.25) is 5.15 Å². The molecule has 6 nitrogen and oxygen atoms in total. The number of hydrogen-bond donors (Lipinski definition) is 0. The molecule has 0 fully saturated rings. The molecule has 1 heterocycles. The Labute approximate surface area is 124 Å². The van der Waals surface area contributed by atoms with E-state index in [4.69, 9.17) is 11.6 Å². The van der Waals surface area contributed by atoms with Crippen molar-refractivity contribution in [2.24, 2.45) is 0 Å². The molecule has 0 spiro atoms. The monoisotopic (exact) mass is 319 g/mol. The first-order valence-corrected chi connectivity index (χ1v) is 8.00. The molecule has 8 heteroatoms. The second-order valence-corrected chi connectivity index (χ2v) is 6.58. The minimum absolute atomic E-state index is 0.0109. The van der Waals surface area contributed by atoms with E-state index in [2.05, 4.69) is 4.98 Å².